The summed E-state index contributed by atoms with van der Waals surface area (Å²) in [5.74, 6) is 0. The maximum absolute atomic E-state index is 4.60. The SMILES string of the molecule is c1cc2ccc3ccc(-n4c5ccccc5c5c6ccncc6c6[se]c7ccccc7c6c54)c4ccc(c1)c2c34. The van der Waals surface area contributed by atoms with Crippen molar-refractivity contribution in [3.63, 3.8) is 0 Å². The van der Waals surface area contributed by atoms with E-state index in [2.05, 4.69) is 125 Å². The first-order valence-electron chi connectivity index (χ1n) is 13.6. The van der Waals surface area contributed by atoms with Gasteiger partial charge in [-0.1, -0.05) is 0 Å². The molecule has 184 valence electrons. The second-order valence-electron chi connectivity index (χ2n) is 10.7. The zero-order valence-electron chi connectivity index (χ0n) is 21.3. The Bertz CT molecular complexity index is 2640. The van der Waals surface area contributed by atoms with Crippen molar-refractivity contribution in [2.24, 2.45) is 0 Å². The molecule has 0 aliphatic carbocycles. The van der Waals surface area contributed by atoms with Gasteiger partial charge in [-0.25, -0.2) is 0 Å². The van der Waals surface area contributed by atoms with Crippen LogP contribution in [0.4, 0.5) is 0 Å². The van der Waals surface area contributed by atoms with Gasteiger partial charge in [-0.05, 0) is 0 Å². The summed E-state index contributed by atoms with van der Waals surface area (Å²) >= 11 is 0.228. The van der Waals surface area contributed by atoms with E-state index in [1.807, 2.05) is 6.20 Å². The van der Waals surface area contributed by atoms with Crippen LogP contribution in [0.1, 0.15) is 0 Å². The van der Waals surface area contributed by atoms with E-state index in [-0.39, 0.29) is 14.5 Å². The summed E-state index contributed by atoms with van der Waals surface area (Å²) in [5, 5.41) is 15.8. The summed E-state index contributed by atoms with van der Waals surface area (Å²) in [6.07, 6.45) is 4.04. The zero-order chi connectivity index (χ0) is 25.9. The molecule has 0 atom stereocenters. The van der Waals surface area contributed by atoms with Crippen LogP contribution in [0.15, 0.2) is 122 Å². The normalized spacial score (nSPS) is 12.5. The van der Waals surface area contributed by atoms with Gasteiger partial charge in [0.1, 0.15) is 0 Å². The molecule has 0 unspecified atom stereocenters. The Morgan fingerprint density at radius 2 is 1.25 bits per heavy atom. The summed E-state index contributed by atoms with van der Waals surface area (Å²) in [7, 11) is 0. The van der Waals surface area contributed by atoms with Crippen molar-refractivity contribution in [3.05, 3.63) is 122 Å². The molecule has 10 rings (SSSR count). The molecule has 40 heavy (non-hydrogen) atoms. The van der Waals surface area contributed by atoms with Crippen molar-refractivity contribution in [2.45, 2.75) is 0 Å². The molecule has 0 radical (unpaired) electrons. The molecule has 2 nitrogen and oxygen atoms in total. The van der Waals surface area contributed by atoms with Crippen molar-refractivity contribution in [1.29, 1.82) is 0 Å². The Hall–Kier alpha value is -4.69. The van der Waals surface area contributed by atoms with Gasteiger partial charge in [-0.2, -0.15) is 0 Å². The zero-order valence-corrected chi connectivity index (χ0v) is 23.1. The predicted molar refractivity (Wildman–Crippen MR) is 172 cm³/mol. The Kier molecular flexibility index (Phi) is 3.96. The maximum atomic E-state index is 4.60. The van der Waals surface area contributed by atoms with E-state index in [1.54, 1.807) is 0 Å². The Balaban J connectivity index is 1.52. The van der Waals surface area contributed by atoms with E-state index in [0.29, 0.717) is 0 Å². The van der Waals surface area contributed by atoms with E-state index in [1.165, 1.54) is 89.9 Å². The number of para-hydroxylation sites is 1. The number of hydrogen-bond acceptors (Lipinski definition) is 1. The van der Waals surface area contributed by atoms with Crippen LogP contribution >= 0.6 is 0 Å². The number of fused-ring (bicyclic) bond motifs is 10. The van der Waals surface area contributed by atoms with Crippen LogP contribution in [0.25, 0.3) is 89.9 Å². The van der Waals surface area contributed by atoms with Crippen LogP contribution < -0.4 is 0 Å². The van der Waals surface area contributed by atoms with Crippen molar-refractivity contribution in [1.82, 2.24) is 9.55 Å². The Morgan fingerprint density at radius 1 is 0.500 bits per heavy atom. The van der Waals surface area contributed by atoms with Gasteiger partial charge in [0, 0.05) is 0 Å². The van der Waals surface area contributed by atoms with Crippen LogP contribution in [0.2, 0.25) is 0 Å². The first kappa shape index (κ1) is 21.2. The molecule has 0 saturated heterocycles. The number of benzene rings is 7. The third-order valence-corrected chi connectivity index (χ3v) is 11.3. The van der Waals surface area contributed by atoms with Gasteiger partial charge in [0.25, 0.3) is 0 Å². The minimum atomic E-state index is 0.228. The van der Waals surface area contributed by atoms with E-state index in [9.17, 15) is 0 Å². The van der Waals surface area contributed by atoms with E-state index >= 15 is 0 Å². The fourth-order valence-corrected chi connectivity index (χ4v) is 9.75. The molecule has 0 amide bonds. The molecule has 10 aromatic rings. The third kappa shape index (κ3) is 2.53. The molecular formula is C37H20N2Se. The van der Waals surface area contributed by atoms with Crippen molar-refractivity contribution >= 4 is 98.7 Å². The van der Waals surface area contributed by atoms with E-state index in [0.717, 1.165) is 0 Å². The second kappa shape index (κ2) is 7.49. The Morgan fingerprint density at radius 3 is 2.15 bits per heavy atom. The van der Waals surface area contributed by atoms with Crippen molar-refractivity contribution in [2.75, 3.05) is 0 Å². The second-order valence-corrected chi connectivity index (χ2v) is 12.9. The minimum absolute atomic E-state index is 0.228. The van der Waals surface area contributed by atoms with Gasteiger partial charge in [0.15, 0.2) is 0 Å². The van der Waals surface area contributed by atoms with Gasteiger partial charge >= 0.3 is 236 Å². The molecule has 0 saturated carbocycles. The average Bonchev–Trinajstić information content (AvgIpc) is 3.57. The Labute approximate surface area is 234 Å². The van der Waals surface area contributed by atoms with Gasteiger partial charge in [-0.3, -0.25) is 0 Å². The standard InChI is InChI=1S/C37H20N2Se/c1-3-10-29-25(8-1)34-24-18-19-38-20-28(24)37-35(27-9-2-4-11-31(27)40-37)36(34)39(29)30-17-15-23-13-12-21-6-5-7-22-14-16-26(30)33(23)32(21)22/h1-20H. The summed E-state index contributed by atoms with van der Waals surface area (Å²) in [5.41, 5.74) is 3.80. The number of rotatable bonds is 1. The summed E-state index contributed by atoms with van der Waals surface area (Å²) in [4.78, 5) is 4.60. The molecule has 3 aromatic heterocycles. The monoisotopic (exact) mass is 572 g/mol. The number of hydrogen-bond donors (Lipinski definition) is 0. The fourth-order valence-electron chi connectivity index (χ4n) is 7.18. The summed E-state index contributed by atoms with van der Waals surface area (Å²) in [6, 6.07) is 40.6. The van der Waals surface area contributed by atoms with E-state index < -0.39 is 0 Å². The quantitative estimate of drug-likeness (QED) is 0.142. The summed E-state index contributed by atoms with van der Waals surface area (Å²) < 4.78 is 5.47. The molecule has 0 spiro atoms. The van der Waals surface area contributed by atoms with Gasteiger partial charge in [-0.15, -0.1) is 0 Å². The molecule has 0 aliphatic rings. The molecule has 0 bridgehead atoms. The number of nitrogens with zero attached hydrogens (tertiary/aromatic N) is 2. The molecule has 0 N–H and O–H groups in total. The molecular weight excluding hydrogens is 551 g/mol. The predicted octanol–water partition coefficient (Wildman–Crippen LogP) is 9.59. The average molecular weight is 572 g/mol. The summed E-state index contributed by atoms with van der Waals surface area (Å²) in [6.45, 7) is 0. The number of pyridine rings is 1. The van der Waals surface area contributed by atoms with Gasteiger partial charge in [0.05, 0.1) is 0 Å². The molecule has 0 fully saturated rings. The van der Waals surface area contributed by atoms with Crippen LogP contribution in [0.5, 0.6) is 0 Å². The third-order valence-electron chi connectivity index (χ3n) is 8.79. The molecule has 3 heteroatoms. The first-order chi connectivity index (χ1) is 19.9. The van der Waals surface area contributed by atoms with Gasteiger partial charge in [0.2, 0.25) is 0 Å². The van der Waals surface area contributed by atoms with Crippen LogP contribution in [-0.4, -0.2) is 24.1 Å². The number of aromatic nitrogens is 2. The molecule has 0 aliphatic heterocycles. The van der Waals surface area contributed by atoms with Crippen LogP contribution in [0, 0.1) is 0 Å². The topological polar surface area (TPSA) is 17.8 Å². The van der Waals surface area contributed by atoms with E-state index in [4.69, 9.17) is 0 Å². The van der Waals surface area contributed by atoms with Crippen LogP contribution in [-0.2, 0) is 0 Å². The van der Waals surface area contributed by atoms with Crippen LogP contribution in [0.3, 0.4) is 0 Å². The fraction of sp³-hybridized carbons (Fsp3) is 0. The molecule has 7 aromatic carbocycles. The van der Waals surface area contributed by atoms with Crippen molar-refractivity contribution in [3.8, 4) is 5.69 Å². The van der Waals surface area contributed by atoms with Crippen molar-refractivity contribution < 1.29 is 0 Å². The molecule has 3 heterocycles. The van der Waals surface area contributed by atoms with Gasteiger partial charge < -0.3 is 0 Å². The first-order valence-corrected chi connectivity index (χ1v) is 15.3.